The number of hydrogen-bond donors (Lipinski definition) is 1. The van der Waals surface area contributed by atoms with Crippen LogP contribution >= 0.6 is 0 Å². The molecule has 1 aliphatic heterocycles. The first-order valence-electron chi connectivity index (χ1n) is 9.27. The summed E-state index contributed by atoms with van der Waals surface area (Å²) in [6.07, 6.45) is 0.603. The molecule has 1 unspecified atom stereocenters. The van der Waals surface area contributed by atoms with Crippen LogP contribution in [0, 0.1) is 0 Å². The first kappa shape index (κ1) is 18.5. The van der Waals surface area contributed by atoms with Crippen LogP contribution in [0.3, 0.4) is 0 Å². The van der Waals surface area contributed by atoms with Crippen LogP contribution < -0.4 is 5.32 Å². The number of amides is 1. The lowest BCUT2D eigenvalue weighted by Crippen LogP contribution is -2.55. The minimum atomic E-state index is -0.468. The van der Waals surface area contributed by atoms with Crippen LogP contribution in [-0.4, -0.2) is 42.3 Å². The van der Waals surface area contributed by atoms with E-state index in [0.29, 0.717) is 6.54 Å². The van der Waals surface area contributed by atoms with Crippen LogP contribution in [0.5, 0.6) is 0 Å². The maximum atomic E-state index is 12.5. The highest BCUT2D eigenvalue weighted by Gasteiger charge is 2.30. The molecular formula is C22H28N2O2. The second-order valence-corrected chi connectivity index (χ2v) is 7.80. The highest BCUT2D eigenvalue weighted by atomic mass is 16.6. The van der Waals surface area contributed by atoms with Gasteiger partial charge in [0.2, 0.25) is 0 Å². The van der Waals surface area contributed by atoms with Gasteiger partial charge in [-0.2, -0.15) is 0 Å². The standard InChI is InChI=1S/C22H28N2O2/c1-22(2,3)26-21(25)24-14-13-23-16-20(24)15-17-9-11-19(12-10-17)18-7-5-4-6-8-18/h4-12,20,23H,13-16H2,1-3H3. The topological polar surface area (TPSA) is 41.6 Å². The largest absolute Gasteiger partial charge is 0.444 e. The van der Waals surface area contributed by atoms with Gasteiger partial charge in [-0.3, -0.25) is 0 Å². The lowest BCUT2D eigenvalue weighted by atomic mass is 9.99. The molecule has 2 aromatic carbocycles. The summed E-state index contributed by atoms with van der Waals surface area (Å²) in [5.74, 6) is 0. The van der Waals surface area contributed by atoms with Crippen molar-refractivity contribution in [1.29, 1.82) is 0 Å². The molecule has 1 aliphatic rings. The number of carbonyl (C=O) groups is 1. The summed E-state index contributed by atoms with van der Waals surface area (Å²) in [5, 5.41) is 3.39. The van der Waals surface area contributed by atoms with Crippen LogP contribution in [-0.2, 0) is 11.2 Å². The third kappa shape index (κ3) is 4.85. The van der Waals surface area contributed by atoms with Crippen molar-refractivity contribution in [3.8, 4) is 11.1 Å². The summed E-state index contributed by atoms with van der Waals surface area (Å²) < 4.78 is 5.58. The highest BCUT2D eigenvalue weighted by molar-refractivity contribution is 5.69. The Morgan fingerprint density at radius 2 is 1.73 bits per heavy atom. The van der Waals surface area contributed by atoms with E-state index in [1.165, 1.54) is 16.7 Å². The van der Waals surface area contributed by atoms with Gasteiger partial charge in [-0.15, -0.1) is 0 Å². The number of nitrogens with one attached hydrogen (secondary N) is 1. The number of carbonyl (C=O) groups excluding carboxylic acids is 1. The summed E-state index contributed by atoms with van der Waals surface area (Å²) >= 11 is 0. The molecule has 1 fully saturated rings. The summed E-state index contributed by atoms with van der Waals surface area (Å²) in [4.78, 5) is 14.4. The number of rotatable bonds is 3. The van der Waals surface area contributed by atoms with Crippen LogP contribution in [0.4, 0.5) is 4.79 Å². The van der Waals surface area contributed by atoms with Crippen molar-refractivity contribution >= 4 is 6.09 Å². The predicted octanol–water partition coefficient (Wildman–Crippen LogP) is 4.11. The van der Waals surface area contributed by atoms with Crippen molar-refractivity contribution in [3.63, 3.8) is 0 Å². The van der Waals surface area contributed by atoms with Crippen molar-refractivity contribution < 1.29 is 9.53 Å². The fraction of sp³-hybridized carbons (Fsp3) is 0.409. The molecule has 4 heteroatoms. The molecule has 1 amide bonds. The quantitative estimate of drug-likeness (QED) is 0.904. The molecule has 0 bridgehead atoms. The van der Waals surface area contributed by atoms with E-state index in [4.69, 9.17) is 4.74 Å². The van der Waals surface area contributed by atoms with Crippen molar-refractivity contribution in [2.45, 2.75) is 38.8 Å². The Morgan fingerprint density at radius 3 is 2.38 bits per heavy atom. The van der Waals surface area contributed by atoms with Crippen LogP contribution in [0.2, 0.25) is 0 Å². The second kappa shape index (κ2) is 7.92. The van der Waals surface area contributed by atoms with Gasteiger partial charge in [0.1, 0.15) is 5.60 Å². The molecule has 3 rings (SSSR count). The van der Waals surface area contributed by atoms with Crippen molar-refractivity contribution in [1.82, 2.24) is 10.2 Å². The minimum absolute atomic E-state index is 0.112. The number of nitrogens with zero attached hydrogens (tertiary/aromatic N) is 1. The van der Waals surface area contributed by atoms with Gasteiger partial charge in [-0.25, -0.2) is 4.79 Å². The average Bonchev–Trinajstić information content (AvgIpc) is 2.62. The lowest BCUT2D eigenvalue weighted by molar-refractivity contribution is 0.0122. The maximum absolute atomic E-state index is 12.5. The van der Waals surface area contributed by atoms with Gasteiger partial charge in [-0.1, -0.05) is 54.6 Å². The Bertz CT molecular complexity index is 720. The normalized spacial score (nSPS) is 17.8. The van der Waals surface area contributed by atoms with E-state index in [-0.39, 0.29) is 12.1 Å². The van der Waals surface area contributed by atoms with Gasteiger partial charge < -0.3 is 15.0 Å². The first-order chi connectivity index (χ1) is 12.4. The van der Waals surface area contributed by atoms with Gasteiger partial charge >= 0.3 is 6.09 Å². The van der Waals surface area contributed by atoms with Crippen LogP contribution in [0.15, 0.2) is 54.6 Å². The van der Waals surface area contributed by atoms with E-state index in [2.05, 4.69) is 53.8 Å². The van der Waals surface area contributed by atoms with Crippen molar-refractivity contribution in [2.24, 2.45) is 0 Å². The van der Waals surface area contributed by atoms with E-state index in [1.807, 2.05) is 31.7 Å². The highest BCUT2D eigenvalue weighted by Crippen LogP contribution is 2.21. The summed E-state index contributed by atoms with van der Waals surface area (Å²) in [7, 11) is 0. The lowest BCUT2D eigenvalue weighted by Gasteiger charge is -2.37. The van der Waals surface area contributed by atoms with Crippen LogP contribution in [0.25, 0.3) is 11.1 Å². The van der Waals surface area contributed by atoms with Crippen molar-refractivity contribution in [2.75, 3.05) is 19.6 Å². The van der Waals surface area contributed by atoms with Gasteiger partial charge in [0.15, 0.2) is 0 Å². The average molecular weight is 352 g/mol. The van der Waals surface area contributed by atoms with Gasteiger partial charge in [0.25, 0.3) is 0 Å². The third-order valence-electron chi connectivity index (χ3n) is 4.51. The molecule has 2 aromatic rings. The number of piperazine rings is 1. The van der Waals surface area contributed by atoms with E-state index >= 15 is 0 Å². The Hall–Kier alpha value is -2.33. The molecule has 1 atom stereocenters. The molecule has 0 spiro atoms. The Labute approximate surface area is 156 Å². The number of ether oxygens (including phenoxy) is 1. The number of benzene rings is 2. The SMILES string of the molecule is CC(C)(C)OC(=O)N1CCNCC1Cc1ccc(-c2ccccc2)cc1. The van der Waals surface area contributed by atoms with E-state index < -0.39 is 5.60 Å². The minimum Gasteiger partial charge on any atom is -0.444 e. The maximum Gasteiger partial charge on any atom is 0.410 e. The summed E-state index contributed by atoms with van der Waals surface area (Å²) in [5.41, 5.74) is 3.19. The van der Waals surface area contributed by atoms with Gasteiger partial charge in [-0.05, 0) is 43.9 Å². The molecule has 1 heterocycles. The molecule has 1 N–H and O–H groups in total. The Morgan fingerprint density at radius 1 is 1.08 bits per heavy atom. The molecule has 138 valence electrons. The summed E-state index contributed by atoms with van der Waals surface area (Å²) in [6, 6.07) is 19.1. The number of hydrogen-bond acceptors (Lipinski definition) is 3. The zero-order valence-electron chi connectivity index (χ0n) is 15.9. The molecule has 26 heavy (non-hydrogen) atoms. The van der Waals surface area contributed by atoms with E-state index in [9.17, 15) is 4.79 Å². The van der Waals surface area contributed by atoms with Gasteiger partial charge in [0, 0.05) is 19.6 Å². The molecular weight excluding hydrogens is 324 g/mol. The molecule has 4 nitrogen and oxygen atoms in total. The first-order valence-corrected chi connectivity index (χ1v) is 9.27. The monoisotopic (exact) mass is 352 g/mol. The second-order valence-electron chi connectivity index (χ2n) is 7.80. The van der Waals surface area contributed by atoms with Crippen LogP contribution in [0.1, 0.15) is 26.3 Å². The molecule has 0 aliphatic carbocycles. The smallest absolute Gasteiger partial charge is 0.410 e. The van der Waals surface area contributed by atoms with Gasteiger partial charge in [0.05, 0.1) is 6.04 Å². The molecule has 0 aromatic heterocycles. The molecule has 1 saturated heterocycles. The van der Waals surface area contributed by atoms with E-state index in [0.717, 1.165) is 19.5 Å². The fourth-order valence-electron chi connectivity index (χ4n) is 3.24. The zero-order valence-corrected chi connectivity index (χ0v) is 15.9. The Kier molecular flexibility index (Phi) is 5.62. The predicted molar refractivity (Wildman–Crippen MR) is 105 cm³/mol. The molecule has 0 radical (unpaired) electrons. The fourth-order valence-corrected chi connectivity index (χ4v) is 3.24. The van der Waals surface area contributed by atoms with E-state index in [1.54, 1.807) is 0 Å². The zero-order chi connectivity index (χ0) is 18.6. The van der Waals surface area contributed by atoms with Crippen molar-refractivity contribution in [3.05, 3.63) is 60.2 Å². The Balaban J connectivity index is 1.69. The molecule has 0 saturated carbocycles. The summed E-state index contributed by atoms with van der Waals surface area (Å²) in [6.45, 7) is 8.00. The third-order valence-corrected chi connectivity index (χ3v) is 4.51.